The summed E-state index contributed by atoms with van der Waals surface area (Å²) in [4.78, 5) is 18.5. The molecule has 0 bridgehead atoms. The van der Waals surface area contributed by atoms with Gasteiger partial charge in [-0.25, -0.2) is 9.07 Å². The Morgan fingerprint density at radius 2 is 2.04 bits per heavy atom. The van der Waals surface area contributed by atoms with Crippen molar-refractivity contribution in [2.45, 2.75) is 12.0 Å². The number of amides is 1. The molecule has 0 aliphatic carbocycles. The lowest BCUT2D eigenvalue weighted by Crippen LogP contribution is -2.34. The predicted molar refractivity (Wildman–Crippen MR) is 90.0 cm³/mol. The van der Waals surface area contributed by atoms with Crippen molar-refractivity contribution in [3.63, 3.8) is 0 Å². The maximum Gasteiger partial charge on any atom is 0.255 e. The van der Waals surface area contributed by atoms with Crippen LogP contribution in [-0.2, 0) is 5.60 Å². The minimum absolute atomic E-state index is 0.144. The van der Waals surface area contributed by atoms with Crippen LogP contribution in [0, 0.1) is 5.82 Å². The van der Waals surface area contributed by atoms with E-state index in [-0.39, 0.29) is 18.3 Å². The molecule has 1 aromatic carbocycles. The second-order valence-corrected chi connectivity index (χ2v) is 6.29. The van der Waals surface area contributed by atoms with Crippen molar-refractivity contribution in [1.29, 1.82) is 0 Å². The number of aliphatic hydroxyl groups is 1. The number of likely N-dealkylation sites (tertiary alicyclic amines) is 1. The third-order valence-electron chi connectivity index (χ3n) is 4.57. The molecule has 0 saturated carbocycles. The first-order valence-corrected chi connectivity index (χ1v) is 8.15. The van der Waals surface area contributed by atoms with Gasteiger partial charge in [-0.3, -0.25) is 9.78 Å². The van der Waals surface area contributed by atoms with Crippen molar-refractivity contribution in [3.05, 3.63) is 72.1 Å². The fourth-order valence-electron chi connectivity index (χ4n) is 3.16. The third kappa shape index (κ3) is 2.95. The van der Waals surface area contributed by atoms with E-state index < -0.39 is 5.60 Å². The molecule has 2 aromatic heterocycles. The van der Waals surface area contributed by atoms with Gasteiger partial charge in [-0.2, -0.15) is 0 Å². The Bertz CT molecular complexity index is 929. The molecule has 1 saturated heterocycles. The molecule has 132 valence electrons. The molecule has 1 atom stereocenters. The molecule has 0 spiro atoms. The number of halogens is 1. The summed E-state index contributed by atoms with van der Waals surface area (Å²) < 4.78 is 14.6. The van der Waals surface area contributed by atoms with Crippen LogP contribution >= 0.6 is 0 Å². The number of benzene rings is 1. The summed E-state index contributed by atoms with van der Waals surface area (Å²) in [6.45, 7) is 0.547. The largest absolute Gasteiger partial charge is 0.383 e. The van der Waals surface area contributed by atoms with E-state index in [2.05, 4.69) is 15.3 Å². The average molecular weight is 353 g/mol. The van der Waals surface area contributed by atoms with Gasteiger partial charge in [-0.15, -0.1) is 5.10 Å². The van der Waals surface area contributed by atoms with Crippen LogP contribution in [0.4, 0.5) is 4.39 Å². The van der Waals surface area contributed by atoms with Crippen molar-refractivity contribution in [2.75, 3.05) is 13.1 Å². The summed E-state index contributed by atoms with van der Waals surface area (Å²) in [6, 6.07) is 7.40. The summed E-state index contributed by atoms with van der Waals surface area (Å²) in [5.74, 6) is -0.586. The van der Waals surface area contributed by atoms with E-state index in [1.165, 1.54) is 29.2 Å². The Hall–Kier alpha value is -3.13. The number of β-amino-alcohol motifs (C(OH)–C–C–N with tert-alkyl or cyclic N) is 1. The van der Waals surface area contributed by atoms with Crippen LogP contribution < -0.4 is 0 Å². The van der Waals surface area contributed by atoms with E-state index in [0.717, 1.165) is 0 Å². The van der Waals surface area contributed by atoms with Crippen LogP contribution in [0.5, 0.6) is 0 Å². The lowest BCUT2D eigenvalue weighted by molar-refractivity contribution is 0.0417. The molecule has 0 radical (unpaired) electrons. The predicted octanol–water partition coefficient (Wildman–Crippen LogP) is 1.54. The second-order valence-electron chi connectivity index (χ2n) is 6.29. The molecular formula is C18H16FN5O2. The van der Waals surface area contributed by atoms with Crippen LogP contribution in [0.3, 0.4) is 0 Å². The van der Waals surface area contributed by atoms with Crippen molar-refractivity contribution >= 4 is 5.91 Å². The van der Waals surface area contributed by atoms with Gasteiger partial charge in [0, 0.05) is 12.7 Å². The van der Waals surface area contributed by atoms with E-state index >= 15 is 0 Å². The van der Waals surface area contributed by atoms with E-state index in [1.807, 2.05) is 0 Å². The second kappa shape index (κ2) is 6.30. The van der Waals surface area contributed by atoms with Crippen molar-refractivity contribution in [3.8, 4) is 5.69 Å². The van der Waals surface area contributed by atoms with Gasteiger partial charge in [0.1, 0.15) is 11.4 Å². The van der Waals surface area contributed by atoms with E-state index in [9.17, 15) is 14.3 Å². The van der Waals surface area contributed by atoms with Gasteiger partial charge in [0.25, 0.3) is 5.91 Å². The van der Waals surface area contributed by atoms with Crippen molar-refractivity contribution < 1.29 is 14.3 Å². The summed E-state index contributed by atoms with van der Waals surface area (Å²) in [6.07, 6.45) is 6.66. The van der Waals surface area contributed by atoms with Crippen LogP contribution in [-0.4, -0.2) is 49.0 Å². The fraction of sp³-hybridized carbons (Fsp3) is 0.222. The zero-order valence-electron chi connectivity index (χ0n) is 13.8. The van der Waals surface area contributed by atoms with Crippen LogP contribution in [0.15, 0.2) is 55.1 Å². The van der Waals surface area contributed by atoms with Crippen molar-refractivity contribution in [2.24, 2.45) is 0 Å². The van der Waals surface area contributed by atoms with Crippen LogP contribution in [0.2, 0.25) is 0 Å². The first kappa shape index (κ1) is 16.3. The highest BCUT2D eigenvalue weighted by Crippen LogP contribution is 2.32. The monoisotopic (exact) mass is 353 g/mol. The molecule has 26 heavy (non-hydrogen) atoms. The van der Waals surface area contributed by atoms with E-state index in [1.54, 1.807) is 35.5 Å². The molecule has 8 heteroatoms. The summed E-state index contributed by atoms with van der Waals surface area (Å²) in [7, 11) is 0. The Morgan fingerprint density at radius 1 is 1.23 bits per heavy atom. The average Bonchev–Trinajstić information content (AvgIpc) is 3.32. The van der Waals surface area contributed by atoms with Crippen molar-refractivity contribution in [1.82, 2.24) is 24.9 Å². The number of hydrogen-bond acceptors (Lipinski definition) is 5. The summed E-state index contributed by atoms with van der Waals surface area (Å²) in [5, 5.41) is 18.5. The molecule has 1 aliphatic rings. The molecule has 1 aliphatic heterocycles. The minimum Gasteiger partial charge on any atom is -0.383 e. The van der Waals surface area contributed by atoms with E-state index in [4.69, 9.17) is 0 Å². The molecule has 1 amide bonds. The quantitative estimate of drug-likeness (QED) is 0.772. The molecule has 1 unspecified atom stereocenters. The van der Waals surface area contributed by atoms with E-state index in [0.29, 0.717) is 29.8 Å². The molecule has 1 N–H and O–H groups in total. The number of aromatic nitrogens is 4. The van der Waals surface area contributed by atoms with Crippen LogP contribution in [0.25, 0.3) is 5.69 Å². The van der Waals surface area contributed by atoms with Gasteiger partial charge in [-0.05, 0) is 30.2 Å². The topological polar surface area (TPSA) is 84.1 Å². The number of hydrogen-bond donors (Lipinski definition) is 1. The molecule has 1 fully saturated rings. The van der Waals surface area contributed by atoms with Gasteiger partial charge in [0.2, 0.25) is 0 Å². The SMILES string of the molecule is O=C(c1cncc(-n2ccnn2)c1)N1CCC(O)(c2ccc(F)cc2)C1. The number of rotatable bonds is 3. The Kier molecular flexibility index (Phi) is 3.96. The van der Waals surface area contributed by atoms with Gasteiger partial charge < -0.3 is 10.0 Å². The van der Waals surface area contributed by atoms with Gasteiger partial charge >= 0.3 is 0 Å². The standard InChI is InChI=1S/C18H16FN5O2/c19-15-3-1-14(2-4-15)18(26)5-7-23(12-18)17(25)13-9-16(11-20-10-13)24-8-6-21-22-24/h1-4,6,8-11,26H,5,7,12H2. The Balaban J connectivity index is 1.55. The summed E-state index contributed by atoms with van der Waals surface area (Å²) >= 11 is 0. The summed E-state index contributed by atoms with van der Waals surface area (Å²) in [5.41, 5.74) is 0.451. The Morgan fingerprint density at radius 3 is 2.77 bits per heavy atom. The number of pyridine rings is 1. The lowest BCUT2D eigenvalue weighted by atomic mass is 9.93. The lowest BCUT2D eigenvalue weighted by Gasteiger charge is -2.24. The smallest absolute Gasteiger partial charge is 0.255 e. The number of nitrogens with zero attached hydrogens (tertiary/aromatic N) is 5. The highest BCUT2D eigenvalue weighted by atomic mass is 19.1. The molecule has 4 rings (SSSR count). The first-order chi connectivity index (χ1) is 12.5. The zero-order chi connectivity index (χ0) is 18.1. The minimum atomic E-state index is -1.18. The zero-order valence-corrected chi connectivity index (χ0v) is 13.8. The fourth-order valence-corrected chi connectivity index (χ4v) is 3.16. The molecule has 7 nitrogen and oxygen atoms in total. The maximum atomic E-state index is 13.1. The molecule has 3 aromatic rings. The number of carbonyl (C=O) groups is 1. The first-order valence-electron chi connectivity index (χ1n) is 8.15. The normalized spacial score (nSPS) is 19.7. The molecular weight excluding hydrogens is 337 g/mol. The highest BCUT2D eigenvalue weighted by Gasteiger charge is 2.39. The van der Waals surface area contributed by atoms with Gasteiger partial charge in [0.15, 0.2) is 0 Å². The molecule has 3 heterocycles. The van der Waals surface area contributed by atoms with Gasteiger partial charge in [-0.1, -0.05) is 17.3 Å². The van der Waals surface area contributed by atoms with Crippen LogP contribution in [0.1, 0.15) is 22.3 Å². The maximum absolute atomic E-state index is 13.1. The highest BCUT2D eigenvalue weighted by molar-refractivity contribution is 5.94. The van der Waals surface area contributed by atoms with Gasteiger partial charge in [0.05, 0.1) is 36.4 Å². The Labute approximate surface area is 148 Å². The third-order valence-corrected chi connectivity index (χ3v) is 4.57. The number of carbonyl (C=O) groups excluding carboxylic acids is 1.